The van der Waals surface area contributed by atoms with Crippen LogP contribution < -0.4 is 0 Å². The van der Waals surface area contributed by atoms with Crippen LogP contribution in [0.4, 0.5) is 0 Å². The van der Waals surface area contributed by atoms with Gasteiger partial charge in [-0.2, -0.15) is 0 Å². The molecular formula is C12H11Br. The molecule has 0 aliphatic rings. The highest BCUT2D eigenvalue weighted by Crippen LogP contribution is 2.19. The lowest BCUT2D eigenvalue weighted by molar-refractivity contribution is 1.58. The van der Waals surface area contributed by atoms with Crippen LogP contribution in [0.15, 0.2) is 60.1 Å². The number of hydrogen-bond donors (Lipinski definition) is 0. The van der Waals surface area contributed by atoms with Gasteiger partial charge in [-0.05, 0) is 23.3 Å². The molecule has 0 bridgehead atoms. The van der Waals surface area contributed by atoms with Crippen molar-refractivity contribution in [2.45, 2.75) is 0 Å². The fraction of sp³-hybridized carbons (Fsp3) is 0. The summed E-state index contributed by atoms with van der Waals surface area (Å²) in [6, 6.07) is 8.09. The maximum Gasteiger partial charge on any atom is 0.0181 e. The van der Waals surface area contributed by atoms with Crippen molar-refractivity contribution in [2.24, 2.45) is 0 Å². The third-order valence-corrected chi connectivity index (χ3v) is 2.17. The standard InChI is InChI=1S/C12H11Br/c1-3-6-10(4-2)11-7-5-8-12(13)9-11/h3-9H,1-2H2/b10-6+. The molecule has 0 N–H and O–H groups in total. The average Bonchev–Trinajstić information content (AvgIpc) is 2.14. The fourth-order valence-corrected chi connectivity index (χ4v) is 1.48. The second-order valence-corrected chi connectivity index (χ2v) is 3.49. The quantitative estimate of drug-likeness (QED) is 0.688. The summed E-state index contributed by atoms with van der Waals surface area (Å²) in [4.78, 5) is 0. The number of benzene rings is 1. The van der Waals surface area contributed by atoms with Crippen molar-refractivity contribution in [1.82, 2.24) is 0 Å². The Bertz CT molecular complexity index is 348. The Hall–Kier alpha value is -1.08. The zero-order chi connectivity index (χ0) is 9.68. The first-order valence-electron chi connectivity index (χ1n) is 3.99. The Morgan fingerprint density at radius 1 is 1.31 bits per heavy atom. The Labute approximate surface area is 87.4 Å². The van der Waals surface area contributed by atoms with Gasteiger partial charge in [0, 0.05) is 4.47 Å². The Kier molecular flexibility index (Phi) is 3.71. The van der Waals surface area contributed by atoms with E-state index in [-0.39, 0.29) is 0 Å². The Morgan fingerprint density at radius 3 is 2.62 bits per heavy atom. The second kappa shape index (κ2) is 4.83. The predicted molar refractivity (Wildman–Crippen MR) is 62.5 cm³/mol. The van der Waals surface area contributed by atoms with E-state index in [0.717, 1.165) is 15.6 Å². The SMILES string of the molecule is C=C/C=C(\C=C)c1cccc(Br)c1. The smallest absolute Gasteiger partial charge is 0.0181 e. The van der Waals surface area contributed by atoms with Crippen molar-refractivity contribution in [3.05, 3.63) is 65.7 Å². The number of allylic oxidation sites excluding steroid dienone is 4. The van der Waals surface area contributed by atoms with Gasteiger partial charge in [-0.15, -0.1) is 0 Å². The minimum Gasteiger partial charge on any atom is -0.0990 e. The highest BCUT2D eigenvalue weighted by molar-refractivity contribution is 9.10. The largest absolute Gasteiger partial charge is 0.0990 e. The van der Waals surface area contributed by atoms with E-state index in [4.69, 9.17) is 0 Å². The maximum atomic E-state index is 3.75. The lowest BCUT2D eigenvalue weighted by atomic mass is 10.1. The van der Waals surface area contributed by atoms with Crippen LogP contribution in [-0.2, 0) is 0 Å². The van der Waals surface area contributed by atoms with Gasteiger partial charge in [-0.25, -0.2) is 0 Å². The van der Waals surface area contributed by atoms with E-state index >= 15 is 0 Å². The first kappa shape index (κ1) is 10.0. The van der Waals surface area contributed by atoms with Gasteiger partial charge in [0.25, 0.3) is 0 Å². The van der Waals surface area contributed by atoms with Gasteiger partial charge < -0.3 is 0 Å². The van der Waals surface area contributed by atoms with Crippen LogP contribution in [0.2, 0.25) is 0 Å². The van der Waals surface area contributed by atoms with E-state index < -0.39 is 0 Å². The van der Waals surface area contributed by atoms with Crippen molar-refractivity contribution < 1.29 is 0 Å². The molecule has 0 saturated carbocycles. The van der Waals surface area contributed by atoms with Crippen molar-refractivity contribution >= 4 is 21.5 Å². The highest BCUT2D eigenvalue weighted by Gasteiger charge is 1.95. The highest BCUT2D eigenvalue weighted by atomic mass is 79.9. The van der Waals surface area contributed by atoms with E-state index in [2.05, 4.69) is 35.2 Å². The molecule has 0 nitrogen and oxygen atoms in total. The number of hydrogen-bond acceptors (Lipinski definition) is 0. The third-order valence-electron chi connectivity index (χ3n) is 1.68. The summed E-state index contributed by atoms with van der Waals surface area (Å²) in [5, 5.41) is 0. The zero-order valence-electron chi connectivity index (χ0n) is 7.33. The summed E-state index contributed by atoms with van der Waals surface area (Å²) in [5.74, 6) is 0. The van der Waals surface area contributed by atoms with E-state index in [9.17, 15) is 0 Å². The van der Waals surface area contributed by atoms with Gasteiger partial charge in [0.15, 0.2) is 0 Å². The zero-order valence-corrected chi connectivity index (χ0v) is 8.92. The van der Waals surface area contributed by atoms with E-state index in [1.807, 2.05) is 30.4 Å². The monoisotopic (exact) mass is 234 g/mol. The summed E-state index contributed by atoms with van der Waals surface area (Å²) >= 11 is 3.42. The molecule has 0 amide bonds. The van der Waals surface area contributed by atoms with Crippen molar-refractivity contribution in [3.63, 3.8) is 0 Å². The summed E-state index contributed by atoms with van der Waals surface area (Å²) < 4.78 is 1.07. The topological polar surface area (TPSA) is 0 Å². The molecule has 1 rings (SSSR count). The fourth-order valence-electron chi connectivity index (χ4n) is 1.08. The van der Waals surface area contributed by atoms with Gasteiger partial charge >= 0.3 is 0 Å². The number of halogens is 1. The van der Waals surface area contributed by atoms with Crippen LogP contribution in [0.25, 0.3) is 5.57 Å². The summed E-state index contributed by atoms with van der Waals surface area (Å²) in [6.07, 6.45) is 5.52. The van der Waals surface area contributed by atoms with Crippen LogP contribution in [-0.4, -0.2) is 0 Å². The van der Waals surface area contributed by atoms with Crippen LogP contribution in [0.1, 0.15) is 5.56 Å². The van der Waals surface area contributed by atoms with Gasteiger partial charge in [-0.3, -0.25) is 0 Å². The first-order chi connectivity index (χ1) is 6.27. The summed E-state index contributed by atoms with van der Waals surface area (Å²) in [7, 11) is 0. The first-order valence-corrected chi connectivity index (χ1v) is 4.78. The number of rotatable bonds is 3. The van der Waals surface area contributed by atoms with Gasteiger partial charge in [0.2, 0.25) is 0 Å². The lowest BCUT2D eigenvalue weighted by Gasteiger charge is -2.01. The van der Waals surface area contributed by atoms with Crippen LogP contribution in [0.5, 0.6) is 0 Å². The summed E-state index contributed by atoms with van der Waals surface area (Å²) in [6.45, 7) is 7.41. The average molecular weight is 235 g/mol. The van der Waals surface area contributed by atoms with E-state index in [0.29, 0.717) is 0 Å². The molecule has 13 heavy (non-hydrogen) atoms. The molecule has 0 spiro atoms. The molecule has 0 atom stereocenters. The van der Waals surface area contributed by atoms with Crippen molar-refractivity contribution in [2.75, 3.05) is 0 Å². The molecule has 0 radical (unpaired) electrons. The molecule has 0 fully saturated rings. The Morgan fingerprint density at radius 2 is 2.08 bits per heavy atom. The molecule has 0 unspecified atom stereocenters. The van der Waals surface area contributed by atoms with Crippen LogP contribution in [0, 0.1) is 0 Å². The summed E-state index contributed by atoms with van der Waals surface area (Å²) in [5.41, 5.74) is 2.22. The predicted octanol–water partition coefficient (Wildman–Crippen LogP) is 4.20. The van der Waals surface area contributed by atoms with E-state index in [1.165, 1.54) is 0 Å². The Balaban J connectivity index is 3.12. The van der Waals surface area contributed by atoms with Gasteiger partial charge in [-0.1, -0.05) is 59.4 Å². The van der Waals surface area contributed by atoms with Crippen LogP contribution >= 0.6 is 15.9 Å². The molecule has 0 saturated heterocycles. The van der Waals surface area contributed by atoms with Crippen LogP contribution in [0.3, 0.4) is 0 Å². The van der Waals surface area contributed by atoms with Crippen molar-refractivity contribution in [3.8, 4) is 0 Å². The third kappa shape index (κ3) is 2.71. The van der Waals surface area contributed by atoms with Crippen molar-refractivity contribution in [1.29, 1.82) is 0 Å². The van der Waals surface area contributed by atoms with Gasteiger partial charge in [0.1, 0.15) is 0 Å². The molecule has 0 aliphatic heterocycles. The molecule has 0 heterocycles. The second-order valence-electron chi connectivity index (χ2n) is 2.57. The molecule has 1 aromatic rings. The minimum atomic E-state index is 1.07. The molecule has 0 aliphatic carbocycles. The normalized spacial score (nSPS) is 11.0. The lowest BCUT2D eigenvalue weighted by Crippen LogP contribution is -1.79. The molecule has 1 heteroatoms. The molecule has 66 valence electrons. The molecule has 1 aromatic carbocycles. The molecular weight excluding hydrogens is 224 g/mol. The van der Waals surface area contributed by atoms with Gasteiger partial charge in [0.05, 0.1) is 0 Å². The maximum absolute atomic E-state index is 3.75. The van der Waals surface area contributed by atoms with E-state index in [1.54, 1.807) is 6.08 Å². The molecule has 0 aromatic heterocycles. The minimum absolute atomic E-state index is 1.07.